The van der Waals surface area contributed by atoms with Crippen molar-refractivity contribution in [3.05, 3.63) is 24.8 Å². The van der Waals surface area contributed by atoms with Crippen LogP contribution in [0.25, 0.3) is 0 Å². The third-order valence-corrected chi connectivity index (χ3v) is 1.67. The van der Waals surface area contributed by atoms with Gasteiger partial charge in [0, 0.05) is 18.3 Å². The van der Waals surface area contributed by atoms with Gasteiger partial charge in [-0.2, -0.15) is 0 Å². The molecule has 142 valence electrons. The molecule has 0 aliphatic heterocycles. The summed E-state index contributed by atoms with van der Waals surface area (Å²) in [6, 6.07) is 0. The molecule has 0 spiro atoms. The highest BCUT2D eigenvalue weighted by atomic mass is 16.5. The first-order valence-corrected chi connectivity index (χ1v) is 7.26. The zero-order valence-electron chi connectivity index (χ0n) is 15.0. The van der Waals surface area contributed by atoms with Crippen molar-refractivity contribution in [3.8, 4) is 0 Å². The van der Waals surface area contributed by atoms with Crippen LogP contribution < -0.4 is 5.73 Å². The van der Waals surface area contributed by atoms with Crippen molar-refractivity contribution >= 4 is 18.0 Å². The third kappa shape index (κ3) is 50.4. The van der Waals surface area contributed by atoms with Gasteiger partial charge in [0.2, 0.25) is 0 Å². The lowest BCUT2D eigenvalue weighted by Crippen LogP contribution is -2.03. The highest BCUT2D eigenvalue weighted by Gasteiger charge is 1.95. The summed E-state index contributed by atoms with van der Waals surface area (Å²) in [5.41, 5.74) is 4.46. The molecule has 0 saturated carbocycles. The molecule has 1 amide bonds. The van der Waals surface area contributed by atoms with E-state index in [2.05, 4.69) is 28.4 Å². The average molecular weight is 349 g/mol. The van der Waals surface area contributed by atoms with Gasteiger partial charge in [-0.15, -0.1) is 0 Å². The van der Waals surface area contributed by atoms with Crippen LogP contribution in [0.4, 0.5) is 4.79 Å². The molecule has 0 rings (SSSR count). The second-order valence-corrected chi connectivity index (χ2v) is 4.06. The SMILES string of the molecule is C=C(C)C(=O)OC.C=CC(=O)OCCCC.CCCO.NC(=O)O. The normalized spacial score (nSPS) is 7.71. The summed E-state index contributed by atoms with van der Waals surface area (Å²) in [5, 5.41) is 15.1. The molecular weight excluding hydrogens is 318 g/mol. The molecule has 0 bridgehead atoms. The van der Waals surface area contributed by atoms with E-state index in [1.165, 1.54) is 13.2 Å². The van der Waals surface area contributed by atoms with Gasteiger partial charge in [-0.25, -0.2) is 14.4 Å². The van der Waals surface area contributed by atoms with E-state index in [9.17, 15) is 9.59 Å². The van der Waals surface area contributed by atoms with E-state index in [-0.39, 0.29) is 11.9 Å². The van der Waals surface area contributed by atoms with Crippen molar-refractivity contribution in [2.75, 3.05) is 20.3 Å². The van der Waals surface area contributed by atoms with Crippen molar-refractivity contribution in [1.82, 2.24) is 0 Å². The first-order valence-electron chi connectivity index (χ1n) is 7.26. The van der Waals surface area contributed by atoms with Crippen LogP contribution in [-0.2, 0) is 19.1 Å². The summed E-state index contributed by atoms with van der Waals surface area (Å²) in [7, 11) is 1.33. The van der Waals surface area contributed by atoms with E-state index in [0.29, 0.717) is 18.8 Å². The Hall–Kier alpha value is -2.35. The smallest absolute Gasteiger partial charge is 0.402 e. The Balaban J connectivity index is -0.000000119. The highest BCUT2D eigenvalue weighted by Crippen LogP contribution is 1.88. The number of aliphatic hydroxyl groups is 1. The number of hydrogen-bond acceptors (Lipinski definition) is 6. The number of carbonyl (C=O) groups excluding carboxylic acids is 2. The molecule has 0 unspecified atom stereocenters. The van der Waals surface area contributed by atoms with Crippen LogP contribution >= 0.6 is 0 Å². The molecule has 0 heterocycles. The molecule has 0 fully saturated rings. The fourth-order valence-corrected chi connectivity index (χ4v) is 0.550. The number of nitrogens with two attached hydrogens (primary N) is 1. The summed E-state index contributed by atoms with van der Waals surface area (Å²) >= 11 is 0. The monoisotopic (exact) mass is 349 g/mol. The number of esters is 2. The number of aliphatic hydroxyl groups excluding tert-OH is 1. The highest BCUT2D eigenvalue weighted by molar-refractivity contribution is 5.86. The van der Waals surface area contributed by atoms with E-state index < -0.39 is 6.09 Å². The molecule has 0 aliphatic rings. The number of methoxy groups -OCH3 is 1. The number of rotatable bonds is 6. The maximum atomic E-state index is 10.3. The van der Waals surface area contributed by atoms with Gasteiger partial charge in [0.1, 0.15) is 0 Å². The molecule has 8 heteroatoms. The minimum Gasteiger partial charge on any atom is -0.466 e. The Bertz CT molecular complexity index is 348. The Kier molecular flexibility index (Phi) is 31.6. The predicted octanol–water partition coefficient (Wildman–Crippen LogP) is 2.26. The maximum Gasteiger partial charge on any atom is 0.402 e. The zero-order valence-corrected chi connectivity index (χ0v) is 15.0. The lowest BCUT2D eigenvalue weighted by atomic mass is 10.4. The fraction of sp³-hybridized carbons (Fsp3) is 0.562. The Morgan fingerprint density at radius 1 is 1.21 bits per heavy atom. The minimum atomic E-state index is -1.33. The summed E-state index contributed by atoms with van der Waals surface area (Å²) < 4.78 is 8.95. The van der Waals surface area contributed by atoms with Crippen molar-refractivity contribution in [2.24, 2.45) is 5.73 Å². The summed E-state index contributed by atoms with van der Waals surface area (Å²) in [5.74, 6) is -0.677. The molecule has 0 aliphatic carbocycles. The molecule has 0 aromatic carbocycles. The number of primary amides is 1. The van der Waals surface area contributed by atoms with Crippen LogP contribution in [0.3, 0.4) is 0 Å². The fourth-order valence-electron chi connectivity index (χ4n) is 0.550. The molecular formula is C16H31NO7. The quantitative estimate of drug-likeness (QED) is 0.380. The summed E-state index contributed by atoms with van der Waals surface area (Å²) in [6.45, 7) is 13.0. The predicted molar refractivity (Wildman–Crippen MR) is 92.5 cm³/mol. The average Bonchev–Trinajstić information content (AvgIpc) is 2.54. The van der Waals surface area contributed by atoms with E-state index in [1.807, 2.05) is 13.8 Å². The van der Waals surface area contributed by atoms with Crippen molar-refractivity contribution in [2.45, 2.75) is 40.0 Å². The Morgan fingerprint density at radius 3 is 1.79 bits per heavy atom. The molecule has 0 atom stereocenters. The second-order valence-electron chi connectivity index (χ2n) is 4.06. The van der Waals surface area contributed by atoms with Crippen LogP contribution in [0.5, 0.6) is 0 Å². The van der Waals surface area contributed by atoms with Gasteiger partial charge in [-0.1, -0.05) is 33.4 Å². The van der Waals surface area contributed by atoms with Gasteiger partial charge in [-0.3, -0.25) is 0 Å². The van der Waals surface area contributed by atoms with Crippen molar-refractivity contribution < 1.29 is 34.1 Å². The van der Waals surface area contributed by atoms with E-state index in [0.717, 1.165) is 19.3 Å². The second kappa shape index (κ2) is 25.6. The van der Waals surface area contributed by atoms with Crippen LogP contribution in [0.15, 0.2) is 24.8 Å². The van der Waals surface area contributed by atoms with E-state index in [1.54, 1.807) is 6.92 Å². The van der Waals surface area contributed by atoms with Crippen molar-refractivity contribution in [1.29, 1.82) is 0 Å². The third-order valence-electron chi connectivity index (χ3n) is 1.67. The first kappa shape index (κ1) is 29.6. The lowest BCUT2D eigenvalue weighted by molar-refractivity contribution is -0.138. The molecule has 24 heavy (non-hydrogen) atoms. The van der Waals surface area contributed by atoms with Crippen LogP contribution in [0.2, 0.25) is 0 Å². The summed E-state index contributed by atoms with van der Waals surface area (Å²) in [4.78, 5) is 29.3. The van der Waals surface area contributed by atoms with Gasteiger partial charge >= 0.3 is 18.0 Å². The Morgan fingerprint density at radius 2 is 1.62 bits per heavy atom. The van der Waals surface area contributed by atoms with Gasteiger partial charge in [0.25, 0.3) is 0 Å². The number of amides is 1. The number of carbonyl (C=O) groups is 3. The number of hydrogen-bond donors (Lipinski definition) is 3. The molecule has 0 saturated heterocycles. The summed E-state index contributed by atoms with van der Waals surface area (Å²) in [6.07, 6.45) is 2.69. The number of ether oxygens (including phenoxy) is 2. The van der Waals surface area contributed by atoms with Crippen LogP contribution in [-0.4, -0.2) is 48.6 Å². The van der Waals surface area contributed by atoms with Gasteiger partial charge in [0.15, 0.2) is 0 Å². The maximum absolute atomic E-state index is 10.3. The largest absolute Gasteiger partial charge is 0.466 e. The van der Waals surface area contributed by atoms with E-state index in [4.69, 9.17) is 15.0 Å². The standard InChI is InChI=1S/C7H12O2.C5H8O2.C3H8O.CH3NO2/c1-3-5-6-9-7(8)4-2;1-4(2)5(6)7-3;1-2-3-4;2-1(3)4/h4H,2-3,5-6H2,1H3;1H2,2-3H3;4H,2-3H2,1H3;2H2,(H,3,4). The zero-order chi connectivity index (χ0) is 20.0. The number of carboxylic acid groups (broad SMARTS) is 1. The van der Waals surface area contributed by atoms with Gasteiger partial charge in [-0.05, 0) is 19.8 Å². The van der Waals surface area contributed by atoms with Gasteiger partial charge in [0.05, 0.1) is 13.7 Å². The molecule has 0 aromatic rings. The molecule has 0 radical (unpaired) electrons. The van der Waals surface area contributed by atoms with Crippen LogP contribution in [0, 0.1) is 0 Å². The lowest BCUT2D eigenvalue weighted by Gasteiger charge is -1.97. The molecule has 8 nitrogen and oxygen atoms in total. The van der Waals surface area contributed by atoms with Crippen molar-refractivity contribution in [3.63, 3.8) is 0 Å². The first-order chi connectivity index (χ1) is 11.1. The van der Waals surface area contributed by atoms with Gasteiger partial charge < -0.3 is 25.4 Å². The molecule has 4 N–H and O–H groups in total. The topological polar surface area (TPSA) is 136 Å². The minimum absolute atomic E-state index is 0.319. The van der Waals surface area contributed by atoms with Crippen LogP contribution in [0.1, 0.15) is 40.0 Å². The Labute approximate surface area is 143 Å². The molecule has 0 aromatic heterocycles. The number of unbranched alkanes of at least 4 members (excludes halogenated alkanes) is 1. The van der Waals surface area contributed by atoms with E-state index >= 15 is 0 Å².